The van der Waals surface area contributed by atoms with Crippen LogP contribution >= 0.6 is 0 Å². The van der Waals surface area contributed by atoms with Crippen LogP contribution in [0.2, 0.25) is 0 Å². The van der Waals surface area contributed by atoms with Crippen molar-refractivity contribution in [1.82, 2.24) is 5.32 Å². The van der Waals surface area contributed by atoms with E-state index >= 15 is 0 Å². The van der Waals surface area contributed by atoms with Gasteiger partial charge in [0.15, 0.2) is 6.61 Å². The Kier molecular flexibility index (Phi) is 5.88. The zero-order valence-corrected chi connectivity index (χ0v) is 15.3. The van der Waals surface area contributed by atoms with Crippen LogP contribution in [0.3, 0.4) is 0 Å². The van der Waals surface area contributed by atoms with Gasteiger partial charge in [-0.3, -0.25) is 19.3 Å². The fraction of sp³-hybridized carbons (Fsp3) is 0.250. The molecule has 0 radical (unpaired) electrons. The summed E-state index contributed by atoms with van der Waals surface area (Å²) >= 11 is 0. The SMILES string of the molecule is CCCNC(=O)CN1C(=O)COc2ccc(NC(=O)c3ccc(F)cc3)cc21. The molecule has 3 amide bonds. The fourth-order valence-corrected chi connectivity index (χ4v) is 2.72. The zero-order chi connectivity index (χ0) is 20.1. The van der Waals surface area contributed by atoms with Gasteiger partial charge in [-0.05, 0) is 48.9 Å². The largest absolute Gasteiger partial charge is 0.482 e. The standard InChI is InChI=1S/C20H20FN3O4/c1-2-9-22-18(25)11-24-16-10-15(7-8-17(16)28-12-19(24)26)23-20(27)13-3-5-14(21)6-4-13/h3-8,10H,2,9,11-12H2,1H3,(H,22,25)(H,23,27). The molecule has 2 aromatic carbocycles. The van der Waals surface area contributed by atoms with Gasteiger partial charge in [0.2, 0.25) is 5.91 Å². The first-order valence-corrected chi connectivity index (χ1v) is 8.88. The molecule has 1 heterocycles. The lowest BCUT2D eigenvalue weighted by atomic mass is 10.1. The average Bonchev–Trinajstić information content (AvgIpc) is 2.69. The Morgan fingerprint density at radius 3 is 2.64 bits per heavy atom. The number of rotatable bonds is 6. The number of ether oxygens (including phenoxy) is 1. The minimum absolute atomic E-state index is 0.134. The second kappa shape index (κ2) is 8.51. The number of anilines is 2. The molecule has 0 unspecified atom stereocenters. The summed E-state index contributed by atoms with van der Waals surface area (Å²) in [6.45, 7) is 2.17. The predicted molar refractivity (Wildman–Crippen MR) is 102 cm³/mol. The number of nitrogens with zero attached hydrogens (tertiary/aromatic N) is 1. The van der Waals surface area contributed by atoms with Crippen LogP contribution in [0.4, 0.5) is 15.8 Å². The van der Waals surface area contributed by atoms with E-state index in [2.05, 4.69) is 10.6 Å². The summed E-state index contributed by atoms with van der Waals surface area (Å²) < 4.78 is 18.4. The molecule has 1 aliphatic heterocycles. The van der Waals surface area contributed by atoms with Crippen molar-refractivity contribution in [1.29, 1.82) is 0 Å². The number of benzene rings is 2. The number of fused-ring (bicyclic) bond motifs is 1. The molecule has 0 aromatic heterocycles. The van der Waals surface area contributed by atoms with E-state index in [1.807, 2.05) is 6.92 Å². The number of hydrogen-bond acceptors (Lipinski definition) is 4. The van der Waals surface area contributed by atoms with E-state index in [0.717, 1.165) is 6.42 Å². The summed E-state index contributed by atoms with van der Waals surface area (Å²) in [6.07, 6.45) is 0.791. The van der Waals surface area contributed by atoms with Crippen LogP contribution in [0.5, 0.6) is 5.75 Å². The molecule has 0 fully saturated rings. The molecule has 0 spiro atoms. The topological polar surface area (TPSA) is 87.7 Å². The third kappa shape index (κ3) is 4.46. The quantitative estimate of drug-likeness (QED) is 0.799. The third-order valence-electron chi connectivity index (χ3n) is 4.14. The van der Waals surface area contributed by atoms with E-state index < -0.39 is 11.7 Å². The summed E-state index contributed by atoms with van der Waals surface area (Å²) in [5, 5.41) is 5.43. The van der Waals surface area contributed by atoms with Crippen molar-refractivity contribution in [3.05, 3.63) is 53.8 Å². The summed E-state index contributed by atoms with van der Waals surface area (Å²) in [4.78, 5) is 38.0. The van der Waals surface area contributed by atoms with Gasteiger partial charge in [0.25, 0.3) is 11.8 Å². The second-order valence-electron chi connectivity index (χ2n) is 6.26. The van der Waals surface area contributed by atoms with Crippen molar-refractivity contribution in [3.8, 4) is 5.75 Å². The number of amides is 3. The monoisotopic (exact) mass is 385 g/mol. The van der Waals surface area contributed by atoms with E-state index in [1.165, 1.54) is 29.2 Å². The van der Waals surface area contributed by atoms with Gasteiger partial charge in [0.1, 0.15) is 18.1 Å². The van der Waals surface area contributed by atoms with E-state index in [0.29, 0.717) is 29.2 Å². The minimum atomic E-state index is -0.432. The summed E-state index contributed by atoms with van der Waals surface area (Å²) in [5.41, 5.74) is 1.12. The van der Waals surface area contributed by atoms with Crippen LogP contribution in [0, 0.1) is 5.82 Å². The average molecular weight is 385 g/mol. The Bertz CT molecular complexity index is 899. The van der Waals surface area contributed by atoms with Crippen LogP contribution in [0.15, 0.2) is 42.5 Å². The van der Waals surface area contributed by atoms with E-state index in [4.69, 9.17) is 4.74 Å². The van der Waals surface area contributed by atoms with E-state index in [-0.39, 0.29) is 25.0 Å². The van der Waals surface area contributed by atoms with Crippen molar-refractivity contribution < 1.29 is 23.5 Å². The lowest BCUT2D eigenvalue weighted by molar-refractivity contribution is -0.125. The number of halogens is 1. The lowest BCUT2D eigenvalue weighted by Crippen LogP contribution is -2.45. The molecule has 0 atom stereocenters. The number of carbonyl (C=O) groups excluding carboxylic acids is 3. The molecule has 146 valence electrons. The number of hydrogen-bond donors (Lipinski definition) is 2. The molecule has 28 heavy (non-hydrogen) atoms. The molecule has 2 N–H and O–H groups in total. The van der Waals surface area contributed by atoms with Gasteiger partial charge in [-0.1, -0.05) is 6.92 Å². The Morgan fingerprint density at radius 1 is 1.18 bits per heavy atom. The molecule has 0 bridgehead atoms. The molecule has 2 aromatic rings. The molecule has 7 nitrogen and oxygen atoms in total. The Balaban J connectivity index is 1.79. The van der Waals surface area contributed by atoms with Gasteiger partial charge in [-0.2, -0.15) is 0 Å². The molecule has 8 heteroatoms. The molecule has 0 aliphatic carbocycles. The van der Waals surface area contributed by atoms with Gasteiger partial charge in [0, 0.05) is 17.8 Å². The van der Waals surface area contributed by atoms with Gasteiger partial charge < -0.3 is 15.4 Å². The predicted octanol–water partition coefficient (Wildman–Crippen LogP) is 2.33. The molecule has 0 saturated carbocycles. The number of carbonyl (C=O) groups is 3. The van der Waals surface area contributed by atoms with E-state index in [1.54, 1.807) is 18.2 Å². The first-order valence-electron chi connectivity index (χ1n) is 8.88. The lowest BCUT2D eigenvalue weighted by Gasteiger charge is -2.29. The highest BCUT2D eigenvalue weighted by Gasteiger charge is 2.27. The van der Waals surface area contributed by atoms with Crippen LogP contribution in [0.25, 0.3) is 0 Å². The molecular formula is C20H20FN3O4. The van der Waals surface area contributed by atoms with Crippen LogP contribution in [-0.2, 0) is 9.59 Å². The zero-order valence-electron chi connectivity index (χ0n) is 15.3. The molecule has 3 rings (SSSR count). The summed E-state index contributed by atoms with van der Waals surface area (Å²) in [7, 11) is 0. The van der Waals surface area contributed by atoms with Crippen molar-refractivity contribution >= 4 is 29.1 Å². The Labute approximate surface area is 161 Å². The maximum absolute atomic E-state index is 13.0. The maximum atomic E-state index is 13.0. The maximum Gasteiger partial charge on any atom is 0.265 e. The Morgan fingerprint density at radius 2 is 1.93 bits per heavy atom. The highest BCUT2D eigenvalue weighted by atomic mass is 19.1. The van der Waals surface area contributed by atoms with Crippen LogP contribution < -0.4 is 20.3 Å². The van der Waals surface area contributed by atoms with Gasteiger partial charge in [0.05, 0.1) is 5.69 Å². The summed E-state index contributed by atoms with van der Waals surface area (Å²) in [5.74, 6) is -1.03. The van der Waals surface area contributed by atoms with Gasteiger partial charge in [-0.15, -0.1) is 0 Å². The van der Waals surface area contributed by atoms with Crippen LogP contribution in [-0.4, -0.2) is 37.4 Å². The fourth-order valence-electron chi connectivity index (χ4n) is 2.72. The molecule has 1 aliphatic rings. The normalized spacial score (nSPS) is 12.8. The minimum Gasteiger partial charge on any atom is -0.482 e. The highest BCUT2D eigenvalue weighted by molar-refractivity contribution is 6.06. The van der Waals surface area contributed by atoms with Gasteiger partial charge in [-0.25, -0.2) is 4.39 Å². The van der Waals surface area contributed by atoms with Crippen molar-refractivity contribution in [2.75, 3.05) is 29.9 Å². The molecular weight excluding hydrogens is 365 g/mol. The van der Waals surface area contributed by atoms with Gasteiger partial charge >= 0.3 is 0 Å². The smallest absolute Gasteiger partial charge is 0.265 e. The number of nitrogens with one attached hydrogen (secondary N) is 2. The highest BCUT2D eigenvalue weighted by Crippen LogP contribution is 2.34. The first kappa shape index (κ1) is 19.3. The second-order valence-corrected chi connectivity index (χ2v) is 6.26. The Hall–Kier alpha value is -3.42. The van der Waals surface area contributed by atoms with Crippen molar-refractivity contribution in [3.63, 3.8) is 0 Å². The van der Waals surface area contributed by atoms with Crippen LogP contribution in [0.1, 0.15) is 23.7 Å². The van der Waals surface area contributed by atoms with Crippen molar-refractivity contribution in [2.45, 2.75) is 13.3 Å². The summed E-state index contributed by atoms with van der Waals surface area (Å²) in [6, 6.07) is 9.97. The first-order chi connectivity index (χ1) is 13.5. The third-order valence-corrected chi connectivity index (χ3v) is 4.14. The van der Waals surface area contributed by atoms with Crippen molar-refractivity contribution in [2.24, 2.45) is 0 Å². The molecule has 0 saturated heterocycles. The van der Waals surface area contributed by atoms with E-state index in [9.17, 15) is 18.8 Å².